The van der Waals surface area contributed by atoms with Gasteiger partial charge in [-0.2, -0.15) is 0 Å². The van der Waals surface area contributed by atoms with Gasteiger partial charge in [-0.25, -0.2) is 17.2 Å². The third kappa shape index (κ3) is 3.88. The molecule has 0 fully saturated rings. The van der Waals surface area contributed by atoms with Crippen molar-refractivity contribution in [2.45, 2.75) is 31.7 Å². The molecule has 31 heavy (non-hydrogen) atoms. The average molecular weight is 442 g/mol. The van der Waals surface area contributed by atoms with E-state index >= 15 is 0 Å². The Kier molecular flexibility index (Phi) is 5.45. The minimum absolute atomic E-state index is 0.0108. The lowest BCUT2D eigenvalue weighted by Gasteiger charge is -2.25. The van der Waals surface area contributed by atoms with Gasteiger partial charge in [0.15, 0.2) is 17.3 Å². The van der Waals surface area contributed by atoms with Crippen molar-refractivity contribution in [2.24, 2.45) is 0 Å². The summed E-state index contributed by atoms with van der Waals surface area (Å²) in [6, 6.07) is 13.4. The van der Waals surface area contributed by atoms with Crippen LogP contribution in [0.1, 0.15) is 23.9 Å². The number of halogens is 2. The monoisotopic (exact) mass is 442 g/mol. The van der Waals surface area contributed by atoms with Crippen molar-refractivity contribution < 1.29 is 17.2 Å². The molecular formula is C22H20F2N4O2S. The van der Waals surface area contributed by atoms with Crippen LogP contribution in [0.25, 0.3) is 5.65 Å². The molecule has 0 unspecified atom stereocenters. The third-order valence-electron chi connectivity index (χ3n) is 4.99. The largest absolute Gasteiger partial charge is 0.285 e. The van der Waals surface area contributed by atoms with Crippen LogP contribution >= 0.6 is 0 Å². The summed E-state index contributed by atoms with van der Waals surface area (Å²) in [4.78, 5) is -0.0703. The van der Waals surface area contributed by atoms with Crippen LogP contribution in [-0.4, -0.2) is 23.0 Å². The number of aryl methyl sites for hydroxylation is 2. The summed E-state index contributed by atoms with van der Waals surface area (Å²) in [5.74, 6) is -1.57. The van der Waals surface area contributed by atoms with Crippen molar-refractivity contribution in [3.63, 3.8) is 0 Å². The molecule has 160 valence electrons. The van der Waals surface area contributed by atoms with Gasteiger partial charge in [-0.1, -0.05) is 36.8 Å². The molecule has 0 aliphatic carbocycles. The van der Waals surface area contributed by atoms with Gasteiger partial charge in [-0.3, -0.25) is 8.71 Å². The number of aromatic nitrogens is 3. The van der Waals surface area contributed by atoms with Crippen LogP contribution in [0.15, 0.2) is 65.7 Å². The van der Waals surface area contributed by atoms with E-state index in [1.807, 2.05) is 26.0 Å². The minimum Gasteiger partial charge on any atom is -0.285 e. The van der Waals surface area contributed by atoms with Gasteiger partial charge in [0.2, 0.25) is 0 Å². The van der Waals surface area contributed by atoms with Crippen LogP contribution in [0.2, 0.25) is 0 Å². The first-order valence-electron chi connectivity index (χ1n) is 9.67. The predicted molar refractivity (Wildman–Crippen MR) is 113 cm³/mol. The van der Waals surface area contributed by atoms with Crippen LogP contribution in [0, 0.1) is 18.6 Å². The van der Waals surface area contributed by atoms with E-state index in [0.29, 0.717) is 17.8 Å². The van der Waals surface area contributed by atoms with Crippen LogP contribution in [0.4, 0.5) is 14.5 Å². The minimum atomic E-state index is -4.19. The lowest BCUT2D eigenvalue weighted by atomic mass is 10.1. The van der Waals surface area contributed by atoms with Crippen LogP contribution < -0.4 is 4.31 Å². The fourth-order valence-corrected chi connectivity index (χ4v) is 4.88. The smallest absolute Gasteiger partial charge is 0.268 e. The lowest BCUT2D eigenvalue weighted by Crippen LogP contribution is -2.31. The molecule has 0 saturated carbocycles. The normalized spacial score (nSPS) is 11.7. The van der Waals surface area contributed by atoms with E-state index in [9.17, 15) is 17.2 Å². The standard InChI is InChI=1S/C22H20F2N4O2S/c1-3-21-25-26-22-20(5-4-12-27(21)22)31(29,30)28(14-16-8-6-15(2)7-9-16)17-10-11-18(23)19(24)13-17/h4-13H,3,14H2,1-2H3. The number of rotatable bonds is 6. The van der Waals surface area contributed by atoms with Gasteiger partial charge in [0.25, 0.3) is 10.0 Å². The van der Waals surface area contributed by atoms with Gasteiger partial charge >= 0.3 is 0 Å². The highest BCUT2D eigenvalue weighted by atomic mass is 32.2. The second kappa shape index (κ2) is 8.07. The van der Waals surface area contributed by atoms with Gasteiger partial charge < -0.3 is 0 Å². The number of hydrogen-bond donors (Lipinski definition) is 0. The Morgan fingerprint density at radius 2 is 1.74 bits per heavy atom. The zero-order valence-corrected chi connectivity index (χ0v) is 17.8. The summed E-state index contributed by atoms with van der Waals surface area (Å²) in [6.07, 6.45) is 2.26. The van der Waals surface area contributed by atoms with Crippen molar-refractivity contribution >= 4 is 21.4 Å². The maximum Gasteiger partial charge on any atom is 0.268 e. The highest BCUT2D eigenvalue weighted by molar-refractivity contribution is 7.93. The van der Waals surface area contributed by atoms with E-state index in [4.69, 9.17) is 0 Å². The highest BCUT2D eigenvalue weighted by Gasteiger charge is 2.29. The number of pyridine rings is 1. The van der Waals surface area contributed by atoms with Crippen LogP contribution in [0.5, 0.6) is 0 Å². The zero-order chi connectivity index (χ0) is 22.2. The molecule has 0 radical (unpaired) electrons. The molecule has 0 aliphatic rings. The molecule has 2 aromatic carbocycles. The summed E-state index contributed by atoms with van der Waals surface area (Å²) in [6.45, 7) is 3.75. The molecule has 2 heterocycles. The molecule has 0 N–H and O–H groups in total. The summed E-state index contributed by atoms with van der Waals surface area (Å²) >= 11 is 0. The van der Waals surface area contributed by atoms with E-state index in [1.165, 1.54) is 12.1 Å². The molecule has 0 bridgehead atoms. The SMILES string of the molecule is CCc1nnc2c(S(=O)(=O)N(Cc3ccc(C)cc3)c3ccc(F)c(F)c3)cccn12. The number of benzene rings is 2. The Balaban J connectivity index is 1.88. The number of anilines is 1. The molecule has 9 heteroatoms. The predicted octanol–water partition coefficient (Wildman–Crippen LogP) is 4.27. The molecule has 0 aliphatic heterocycles. The number of fused-ring (bicyclic) bond motifs is 1. The van der Waals surface area contributed by atoms with Crippen molar-refractivity contribution in [1.29, 1.82) is 0 Å². The lowest BCUT2D eigenvalue weighted by molar-refractivity contribution is 0.508. The Labute approximate surface area is 178 Å². The number of nitrogens with zero attached hydrogens (tertiary/aromatic N) is 4. The molecule has 2 aromatic heterocycles. The second-order valence-electron chi connectivity index (χ2n) is 7.13. The Bertz CT molecular complexity index is 1350. The van der Waals surface area contributed by atoms with Gasteiger partial charge in [0.1, 0.15) is 10.7 Å². The zero-order valence-electron chi connectivity index (χ0n) is 17.0. The maximum atomic E-state index is 14.0. The maximum absolute atomic E-state index is 14.0. The van der Waals surface area contributed by atoms with Gasteiger partial charge in [0.05, 0.1) is 12.2 Å². The Hall–Kier alpha value is -3.33. The first kappa shape index (κ1) is 20.9. The first-order valence-corrected chi connectivity index (χ1v) is 11.1. The van der Waals surface area contributed by atoms with Gasteiger partial charge in [-0.15, -0.1) is 10.2 Å². The molecule has 4 rings (SSSR count). The molecular weight excluding hydrogens is 422 g/mol. The summed E-state index contributed by atoms with van der Waals surface area (Å²) in [5.41, 5.74) is 1.90. The van der Waals surface area contributed by atoms with E-state index in [2.05, 4.69) is 10.2 Å². The van der Waals surface area contributed by atoms with E-state index in [0.717, 1.165) is 22.0 Å². The van der Waals surface area contributed by atoms with E-state index in [-0.39, 0.29) is 22.8 Å². The Morgan fingerprint density at radius 3 is 2.42 bits per heavy atom. The van der Waals surface area contributed by atoms with Crippen molar-refractivity contribution in [3.05, 3.63) is 89.4 Å². The molecule has 4 aromatic rings. The van der Waals surface area contributed by atoms with E-state index in [1.54, 1.807) is 28.8 Å². The molecule has 0 spiro atoms. The summed E-state index contributed by atoms with van der Waals surface area (Å²) in [5, 5.41) is 8.12. The van der Waals surface area contributed by atoms with Gasteiger partial charge in [-0.05, 0) is 36.8 Å². The quantitative estimate of drug-likeness (QED) is 0.447. The molecule has 0 atom stereocenters. The first-order chi connectivity index (χ1) is 14.8. The van der Waals surface area contributed by atoms with E-state index < -0.39 is 21.7 Å². The number of hydrogen-bond acceptors (Lipinski definition) is 4. The summed E-state index contributed by atoms with van der Waals surface area (Å²) < 4.78 is 57.7. The molecule has 0 saturated heterocycles. The summed E-state index contributed by atoms with van der Waals surface area (Å²) in [7, 11) is -4.19. The van der Waals surface area contributed by atoms with Crippen molar-refractivity contribution in [1.82, 2.24) is 14.6 Å². The number of sulfonamides is 1. The topological polar surface area (TPSA) is 67.6 Å². The second-order valence-corrected chi connectivity index (χ2v) is 8.96. The fourth-order valence-electron chi connectivity index (χ4n) is 3.31. The Morgan fingerprint density at radius 1 is 1.00 bits per heavy atom. The van der Waals surface area contributed by atoms with Crippen molar-refractivity contribution in [2.75, 3.05) is 4.31 Å². The fraction of sp³-hybridized carbons (Fsp3) is 0.182. The van der Waals surface area contributed by atoms with Crippen LogP contribution in [0.3, 0.4) is 0 Å². The molecule has 6 nitrogen and oxygen atoms in total. The van der Waals surface area contributed by atoms with Crippen molar-refractivity contribution in [3.8, 4) is 0 Å². The third-order valence-corrected chi connectivity index (χ3v) is 6.79. The average Bonchev–Trinajstić information content (AvgIpc) is 3.18. The highest BCUT2D eigenvalue weighted by Crippen LogP contribution is 2.29. The molecule has 0 amide bonds. The van der Waals surface area contributed by atoms with Gasteiger partial charge in [0, 0.05) is 18.7 Å². The van der Waals surface area contributed by atoms with Crippen LogP contribution in [-0.2, 0) is 23.0 Å².